The number of hydrogen-bond donors (Lipinski definition) is 1. The largest absolute Gasteiger partial charge is 0.465 e. The summed E-state index contributed by atoms with van der Waals surface area (Å²) in [6, 6.07) is 5.21. The Bertz CT molecular complexity index is 736. The minimum absolute atomic E-state index is 0.181. The average Bonchev–Trinajstić information content (AvgIpc) is 3.11. The lowest BCUT2D eigenvalue weighted by Gasteiger charge is -2.31. The Morgan fingerprint density at radius 1 is 1.19 bits per heavy atom. The Morgan fingerprint density at radius 3 is 2.38 bits per heavy atom. The molecule has 2 aliphatic rings. The van der Waals surface area contributed by atoms with E-state index < -0.39 is 29.4 Å². The van der Waals surface area contributed by atoms with Gasteiger partial charge in [-0.25, -0.2) is 4.39 Å². The topological polar surface area (TPSA) is 75.7 Å². The smallest absolute Gasteiger partial charge is 0.327 e. The normalized spacial score (nSPS) is 30.6. The third-order valence-corrected chi connectivity index (χ3v) is 5.49. The molecule has 6 nitrogen and oxygen atoms in total. The van der Waals surface area contributed by atoms with Crippen molar-refractivity contribution < 1.29 is 23.5 Å². The number of benzene rings is 1. The molecule has 1 N–H and O–H groups in total. The first-order valence-electron chi connectivity index (χ1n) is 8.96. The van der Waals surface area contributed by atoms with Gasteiger partial charge in [0.1, 0.15) is 11.4 Å². The number of likely N-dealkylation sites (tertiary alicyclic amines) is 1. The Labute approximate surface area is 151 Å². The molecular weight excluding hydrogens is 339 g/mol. The fourth-order valence-corrected chi connectivity index (χ4v) is 4.25. The molecule has 0 saturated carbocycles. The van der Waals surface area contributed by atoms with Gasteiger partial charge in [0, 0.05) is 12.6 Å². The van der Waals surface area contributed by atoms with E-state index in [1.54, 1.807) is 32.9 Å². The third-order valence-electron chi connectivity index (χ3n) is 5.49. The second-order valence-corrected chi connectivity index (χ2v) is 6.64. The first kappa shape index (κ1) is 18.5. The first-order valence-corrected chi connectivity index (χ1v) is 8.96. The maximum absolute atomic E-state index is 13.3. The Balaban J connectivity index is 2.11. The molecule has 0 aromatic heterocycles. The van der Waals surface area contributed by atoms with E-state index in [0.29, 0.717) is 12.0 Å². The molecule has 0 spiro atoms. The van der Waals surface area contributed by atoms with Crippen LogP contribution in [0.1, 0.15) is 38.8 Å². The van der Waals surface area contributed by atoms with Crippen LogP contribution in [-0.4, -0.2) is 41.4 Å². The van der Waals surface area contributed by atoms with Crippen LogP contribution in [0.15, 0.2) is 24.3 Å². The molecule has 2 aliphatic heterocycles. The highest BCUT2D eigenvalue weighted by Gasteiger charge is 2.67. The second kappa shape index (κ2) is 6.79. The van der Waals surface area contributed by atoms with Crippen molar-refractivity contribution in [3.05, 3.63) is 35.6 Å². The van der Waals surface area contributed by atoms with Crippen LogP contribution in [0.2, 0.25) is 0 Å². The van der Waals surface area contributed by atoms with Crippen LogP contribution in [-0.2, 0) is 19.1 Å². The van der Waals surface area contributed by atoms with Crippen molar-refractivity contribution >= 4 is 17.8 Å². The van der Waals surface area contributed by atoms with Gasteiger partial charge < -0.3 is 4.74 Å². The monoisotopic (exact) mass is 362 g/mol. The summed E-state index contributed by atoms with van der Waals surface area (Å²) in [6.07, 6.45) is 0.307. The molecule has 140 valence electrons. The number of hydrogen-bond acceptors (Lipinski definition) is 5. The van der Waals surface area contributed by atoms with Gasteiger partial charge in [-0.15, -0.1) is 0 Å². The predicted molar refractivity (Wildman–Crippen MR) is 91.3 cm³/mol. The zero-order chi connectivity index (χ0) is 19.1. The Kier molecular flexibility index (Phi) is 4.84. The number of ether oxygens (including phenoxy) is 1. The number of nitrogens with one attached hydrogen (secondary N) is 1. The number of esters is 1. The van der Waals surface area contributed by atoms with Gasteiger partial charge in [0.05, 0.1) is 18.4 Å². The molecule has 1 aromatic carbocycles. The van der Waals surface area contributed by atoms with Crippen LogP contribution >= 0.6 is 0 Å². The lowest BCUT2D eigenvalue weighted by atomic mass is 9.78. The highest BCUT2D eigenvalue weighted by atomic mass is 19.1. The summed E-state index contributed by atoms with van der Waals surface area (Å²) in [5, 5.41) is 3.22. The Hall–Kier alpha value is -2.28. The van der Waals surface area contributed by atoms with Crippen molar-refractivity contribution in [1.82, 2.24) is 10.2 Å². The molecular formula is C19H23FN2O4. The Morgan fingerprint density at radius 2 is 1.85 bits per heavy atom. The summed E-state index contributed by atoms with van der Waals surface area (Å²) >= 11 is 0. The first-order chi connectivity index (χ1) is 12.4. The highest BCUT2D eigenvalue weighted by molar-refractivity contribution is 6.09. The fraction of sp³-hybridized carbons (Fsp3) is 0.526. The van der Waals surface area contributed by atoms with Gasteiger partial charge in [-0.2, -0.15) is 0 Å². The van der Waals surface area contributed by atoms with Crippen molar-refractivity contribution in [2.75, 3.05) is 13.2 Å². The SMILES string of the molecule is CCOC(=O)[C@]1(CC)N[C@H](c2ccc(F)cc2)[C@@H]2C(=O)N(CC)C(=O)[C@@H]21. The van der Waals surface area contributed by atoms with Crippen molar-refractivity contribution in [2.45, 2.75) is 38.8 Å². The maximum atomic E-state index is 13.3. The van der Waals surface area contributed by atoms with E-state index in [-0.39, 0.29) is 30.8 Å². The standard InChI is InChI=1S/C19H23FN2O4/c1-4-19(18(25)26-6-3)14-13(16(23)22(5-2)17(14)24)15(21-19)11-7-9-12(20)10-8-11/h7-10,13-15,21H,4-6H2,1-3H3/t13-,14-,15-,19-/m1/s1. The average molecular weight is 362 g/mol. The van der Waals surface area contributed by atoms with Gasteiger partial charge in [0.2, 0.25) is 11.8 Å². The van der Waals surface area contributed by atoms with Crippen molar-refractivity contribution in [1.29, 1.82) is 0 Å². The molecule has 0 unspecified atom stereocenters. The van der Waals surface area contributed by atoms with E-state index in [9.17, 15) is 18.8 Å². The lowest BCUT2D eigenvalue weighted by Crippen LogP contribution is -2.56. The second-order valence-electron chi connectivity index (χ2n) is 6.64. The van der Waals surface area contributed by atoms with Crippen LogP contribution in [0.4, 0.5) is 4.39 Å². The lowest BCUT2D eigenvalue weighted by molar-refractivity contribution is -0.156. The van der Waals surface area contributed by atoms with Gasteiger partial charge in [0.25, 0.3) is 0 Å². The van der Waals surface area contributed by atoms with Crippen molar-refractivity contribution in [3.8, 4) is 0 Å². The van der Waals surface area contributed by atoms with Crippen molar-refractivity contribution in [2.24, 2.45) is 11.8 Å². The van der Waals surface area contributed by atoms with Gasteiger partial charge in [-0.1, -0.05) is 19.1 Å². The number of rotatable bonds is 5. The summed E-state index contributed by atoms with van der Waals surface area (Å²) in [6.45, 7) is 5.66. The number of carbonyl (C=O) groups excluding carboxylic acids is 3. The minimum atomic E-state index is -1.27. The van der Waals surface area contributed by atoms with Crippen LogP contribution in [0, 0.1) is 17.7 Å². The molecule has 4 atom stereocenters. The molecule has 3 rings (SSSR count). The highest BCUT2D eigenvalue weighted by Crippen LogP contribution is 2.50. The van der Waals surface area contributed by atoms with Gasteiger partial charge in [-0.3, -0.25) is 24.6 Å². The zero-order valence-corrected chi connectivity index (χ0v) is 15.1. The van der Waals surface area contributed by atoms with Gasteiger partial charge in [-0.05, 0) is 38.0 Å². The zero-order valence-electron chi connectivity index (χ0n) is 15.1. The number of nitrogens with zero attached hydrogens (tertiary/aromatic N) is 1. The summed E-state index contributed by atoms with van der Waals surface area (Å²) in [4.78, 5) is 39.8. The molecule has 2 heterocycles. The maximum Gasteiger partial charge on any atom is 0.327 e. The van der Waals surface area contributed by atoms with Crippen LogP contribution < -0.4 is 5.32 Å². The van der Waals surface area contributed by atoms with E-state index in [4.69, 9.17) is 4.74 Å². The number of halogens is 1. The van der Waals surface area contributed by atoms with E-state index >= 15 is 0 Å². The minimum Gasteiger partial charge on any atom is -0.465 e. The number of carbonyl (C=O) groups is 3. The molecule has 0 radical (unpaired) electrons. The molecule has 26 heavy (non-hydrogen) atoms. The van der Waals surface area contributed by atoms with Crippen LogP contribution in [0.25, 0.3) is 0 Å². The van der Waals surface area contributed by atoms with Crippen LogP contribution in [0.5, 0.6) is 0 Å². The van der Waals surface area contributed by atoms with E-state index in [1.165, 1.54) is 17.0 Å². The molecule has 7 heteroatoms. The molecule has 0 bridgehead atoms. The summed E-state index contributed by atoms with van der Waals surface area (Å²) in [7, 11) is 0. The van der Waals surface area contributed by atoms with E-state index in [1.807, 2.05) is 0 Å². The predicted octanol–water partition coefficient (Wildman–Crippen LogP) is 1.80. The molecule has 0 aliphatic carbocycles. The molecule has 2 amide bonds. The summed E-state index contributed by atoms with van der Waals surface area (Å²) in [5.74, 6) is -3.11. The third kappa shape index (κ3) is 2.53. The van der Waals surface area contributed by atoms with Gasteiger partial charge in [0.15, 0.2) is 0 Å². The number of amides is 2. The van der Waals surface area contributed by atoms with E-state index in [2.05, 4.69) is 5.32 Å². The summed E-state index contributed by atoms with van der Waals surface area (Å²) in [5.41, 5.74) is -0.601. The number of imide groups is 1. The molecule has 2 saturated heterocycles. The number of fused-ring (bicyclic) bond motifs is 1. The molecule has 1 aromatic rings. The van der Waals surface area contributed by atoms with Crippen molar-refractivity contribution in [3.63, 3.8) is 0 Å². The van der Waals surface area contributed by atoms with Crippen LogP contribution in [0.3, 0.4) is 0 Å². The summed E-state index contributed by atoms with van der Waals surface area (Å²) < 4.78 is 18.6. The van der Waals surface area contributed by atoms with Gasteiger partial charge >= 0.3 is 5.97 Å². The fourth-order valence-electron chi connectivity index (χ4n) is 4.25. The van der Waals surface area contributed by atoms with E-state index in [0.717, 1.165) is 0 Å². The quantitative estimate of drug-likeness (QED) is 0.639. The molecule has 2 fully saturated rings.